The van der Waals surface area contributed by atoms with Crippen molar-refractivity contribution in [3.63, 3.8) is 0 Å². The molecule has 144 valence electrons. The zero-order valence-electron chi connectivity index (χ0n) is 15.6. The zero-order valence-corrected chi connectivity index (χ0v) is 16.3. The van der Waals surface area contributed by atoms with Crippen molar-refractivity contribution in [3.05, 3.63) is 58.4 Å². The summed E-state index contributed by atoms with van der Waals surface area (Å²) >= 11 is 6.44. The predicted molar refractivity (Wildman–Crippen MR) is 107 cm³/mol. The van der Waals surface area contributed by atoms with Gasteiger partial charge in [-0.25, -0.2) is 9.78 Å². The standard InChI is InChI=1S/C20H19ClN4O3/c1-3-28-20(26)16-11-22-25-18(16)23-17(21)15-5-4-10-24(19(15)25)12-13-6-8-14(27-2)9-7-13/h4-9,11H,3,10,12H2,1-2H3. The molecule has 28 heavy (non-hydrogen) atoms. The quantitative estimate of drug-likeness (QED) is 0.483. The highest BCUT2D eigenvalue weighted by Gasteiger charge is 2.25. The lowest BCUT2D eigenvalue weighted by Crippen LogP contribution is -2.28. The molecule has 8 heteroatoms. The first-order valence-electron chi connectivity index (χ1n) is 8.91. The summed E-state index contributed by atoms with van der Waals surface area (Å²) in [6.07, 6.45) is 5.43. The number of benzene rings is 1. The molecule has 0 saturated heterocycles. The molecule has 7 nitrogen and oxygen atoms in total. The highest BCUT2D eigenvalue weighted by atomic mass is 35.5. The average Bonchev–Trinajstić information content (AvgIpc) is 3.13. The number of hydrogen-bond donors (Lipinski definition) is 0. The maximum atomic E-state index is 12.2. The van der Waals surface area contributed by atoms with Gasteiger partial charge < -0.3 is 14.4 Å². The van der Waals surface area contributed by atoms with Crippen LogP contribution in [0.25, 0.3) is 11.7 Å². The Morgan fingerprint density at radius 2 is 2.07 bits per heavy atom. The Balaban J connectivity index is 1.78. The average molecular weight is 399 g/mol. The molecule has 0 atom stereocenters. The summed E-state index contributed by atoms with van der Waals surface area (Å²) in [5.74, 6) is 1.14. The number of fused-ring (bicyclic) bond motifs is 3. The molecule has 1 aromatic carbocycles. The number of nitrogens with zero attached hydrogens (tertiary/aromatic N) is 4. The van der Waals surface area contributed by atoms with Gasteiger partial charge in [-0.2, -0.15) is 9.61 Å². The van der Waals surface area contributed by atoms with Crippen molar-refractivity contribution in [1.82, 2.24) is 14.6 Å². The molecule has 4 rings (SSSR count). The van der Waals surface area contributed by atoms with E-state index >= 15 is 0 Å². The van der Waals surface area contributed by atoms with Crippen LogP contribution in [0.4, 0.5) is 5.82 Å². The van der Waals surface area contributed by atoms with Crippen LogP contribution < -0.4 is 9.64 Å². The van der Waals surface area contributed by atoms with E-state index in [2.05, 4.69) is 15.0 Å². The molecule has 3 aromatic rings. The minimum Gasteiger partial charge on any atom is -0.497 e. The Bertz CT molecular complexity index is 1060. The molecule has 0 aliphatic carbocycles. The number of anilines is 1. The van der Waals surface area contributed by atoms with Crippen LogP contribution in [0.2, 0.25) is 5.15 Å². The highest BCUT2D eigenvalue weighted by molar-refractivity contribution is 6.31. The number of carbonyl (C=O) groups is 1. The van der Waals surface area contributed by atoms with E-state index in [-0.39, 0.29) is 6.61 Å². The molecule has 0 amide bonds. The van der Waals surface area contributed by atoms with Gasteiger partial charge in [-0.15, -0.1) is 0 Å². The second-order valence-corrected chi connectivity index (χ2v) is 6.64. The first kappa shape index (κ1) is 18.3. The van der Waals surface area contributed by atoms with Crippen LogP contribution in [0.1, 0.15) is 28.4 Å². The van der Waals surface area contributed by atoms with E-state index in [1.807, 2.05) is 36.4 Å². The van der Waals surface area contributed by atoms with Crippen molar-refractivity contribution in [1.29, 1.82) is 0 Å². The molecule has 2 aromatic heterocycles. The number of hydrogen-bond acceptors (Lipinski definition) is 6. The molecule has 1 aliphatic heterocycles. The van der Waals surface area contributed by atoms with Crippen molar-refractivity contribution in [2.24, 2.45) is 0 Å². The fraction of sp³-hybridized carbons (Fsp3) is 0.250. The first-order chi connectivity index (χ1) is 13.6. The van der Waals surface area contributed by atoms with Gasteiger partial charge in [0.15, 0.2) is 5.65 Å². The number of ether oxygens (including phenoxy) is 2. The van der Waals surface area contributed by atoms with Gasteiger partial charge in [0.2, 0.25) is 0 Å². The summed E-state index contributed by atoms with van der Waals surface area (Å²) in [6, 6.07) is 7.89. The topological polar surface area (TPSA) is 69.0 Å². The molecular weight excluding hydrogens is 380 g/mol. The molecule has 0 unspecified atom stereocenters. The monoisotopic (exact) mass is 398 g/mol. The number of halogens is 1. The van der Waals surface area contributed by atoms with Gasteiger partial charge in [0.25, 0.3) is 0 Å². The van der Waals surface area contributed by atoms with E-state index in [4.69, 9.17) is 21.1 Å². The smallest absolute Gasteiger partial charge is 0.343 e. The van der Waals surface area contributed by atoms with Crippen molar-refractivity contribution in [2.45, 2.75) is 13.5 Å². The predicted octanol–water partition coefficient (Wildman–Crippen LogP) is 3.60. The van der Waals surface area contributed by atoms with Gasteiger partial charge in [-0.05, 0) is 24.6 Å². The van der Waals surface area contributed by atoms with Crippen LogP contribution in [0.3, 0.4) is 0 Å². The molecule has 1 aliphatic rings. The molecule has 0 saturated carbocycles. The molecule has 3 heterocycles. The van der Waals surface area contributed by atoms with Crippen LogP contribution in [0.5, 0.6) is 5.75 Å². The number of esters is 1. The summed E-state index contributed by atoms with van der Waals surface area (Å²) in [5.41, 5.74) is 2.57. The van der Waals surface area contributed by atoms with Gasteiger partial charge in [0.1, 0.15) is 22.3 Å². The van der Waals surface area contributed by atoms with Crippen molar-refractivity contribution < 1.29 is 14.3 Å². The molecule has 0 N–H and O–H groups in total. The minimum atomic E-state index is -0.464. The lowest BCUT2D eigenvalue weighted by atomic mass is 10.1. The molecular formula is C20H19ClN4O3. The van der Waals surface area contributed by atoms with Gasteiger partial charge in [-0.1, -0.05) is 35.9 Å². The zero-order chi connectivity index (χ0) is 19.7. The van der Waals surface area contributed by atoms with Crippen molar-refractivity contribution in [3.8, 4) is 5.75 Å². The molecule has 0 radical (unpaired) electrons. The van der Waals surface area contributed by atoms with E-state index in [1.54, 1.807) is 18.5 Å². The highest BCUT2D eigenvalue weighted by Crippen LogP contribution is 2.33. The van der Waals surface area contributed by atoms with Gasteiger partial charge in [0, 0.05) is 13.1 Å². The van der Waals surface area contributed by atoms with Gasteiger partial charge >= 0.3 is 5.97 Å². The van der Waals surface area contributed by atoms with E-state index in [1.165, 1.54) is 6.20 Å². The van der Waals surface area contributed by atoms with Gasteiger partial charge in [0.05, 0.1) is 25.5 Å². The maximum Gasteiger partial charge on any atom is 0.343 e. The lowest BCUT2D eigenvalue weighted by molar-refractivity contribution is 0.0528. The Kier molecular flexibility index (Phi) is 4.92. The summed E-state index contributed by atoms with van der Waals surface area (Å²) in [6.45, 7) is 3.36. The SMILES string of the molecule is CCOC(=O)c1cnn2c3c(c(Cl)nc12)C=CCN3Cc1ccc(OC)cc1. The normalized spacial score (nSPS) is 12.9. The Morgan fingerprint density at radius 1 is 1.29 bits per heavy atom. The van der Waals surface area contributed by atoms with E-state index in [0.29, 0.717) is 29.5 Å². The van der Waals surface area contributed by atoms with Crippen molar-refractivity contribution >= 4 is 35.1 Å². The molecule has 0 spiro atoms. The Hall–Kier alpha value is -3.06. The lowest BCUT2D eigenvalue weighted by Gasteiger charge is -2.28. The third-order valence-electron chi connectivity index (χ3n) is 4.55. The maximum absolute atomic E-state index is 12.2. The number of rotatable bonds is 5. The Labute approximate surface area is 167 Å². The second-order valence-electron chi connectivity index (χ2n) is 6.28. The third-order valence-corrected chi connectivity index (χ3v) is 4.84. The van der Waals surface area contributed by atoms with E-state index < -0.39 is 5.97 Å². The minimum absolute atomic E-state index is 0.279. The molecule has 0 bridgehead atoms. The largest absolute Gasteiger partial charge is 0.497 e. The fourth-order valence-electron chi connectivity index (χ4n) is 3.24. The second kappa shape index (κ2) is 7.52. The van der Waals surface area contributed by atoms with Crippen LogP contribution in [-0.2, 0) is 11.3 Å². The summed E-state index contributed by atoms with van der Waals surface area (Å²) < 4.78 is 12.0. The first-order valence-corrected chi connectivity index (χ1v) is 9.29. The van der Waals surface area contributed by atoms with Crippen LogP contribution in [0.15, 0.2) is 36.5 Å². The number of aromatic nitrogens is 3. The van der Waals surface area contributed by atoms with Crippen LogP contribution in [-0.4, -0.2) is 40.8 Å². The van der Waals surface area contributed by atoms with E-state index in [9.17, 15) is 4.79 Å². The summed E-state index contributed by atoms with van der Waals surface area (Å²) in [5, 5.41) is 4.72. The van der Waals surface area contributed by atoms with Crippen LogP contribution >= 0.6 is 11.6 Å². The molecule has 0 fully saturated rings. The van der Waals surface area contributed by atoms with E-state index in [0.717, 1.165) is 22.7 Å². The Morgan fingerprint density at radius 3 is 2.79 bits per heavy atom. The third kappa shape index (κ3) is 3.18. The number of carbonyl (C=O) groups excluding carboxylic acids is 1. The summed E-state index contributed by atoms with van der Waals surface area (Å²) in [4.78, 5) is 18.8. The van der Waals surface area contributed by atoms with Gasteiger partial charge in [-0.3, -0.25) is 0 Å². The number of methoxy groups -OCH3 is 1. The van der Waals surface area contributed by atoms with Crippen LogP contribution in [0, 0.1) is 0 Å². The summed E-state index contributed by atoms with van der Waals surface area (Å²) in [7, 11) is 1.64. The fourth-order valence-corrected chi connectivity index (χ4v) is 3.47. The van der Waals surface area contributed by atoms with Crippen molar-refractivity contribution in [2.75, 3.05) is 25.2 Å².